The highest BCUT2D eigenvalue weighted by atomic mass is 16.5. The van der Waals surface area contributed by atoms with Crippen molar-refractivity contribution in [1.82, 2.24) is 0 Å². The molecule has 0 aromatic rings. The van der Waals surface area contributed by atoms with Crippen LogP contribution in [0.15, 0.2) is 0 Å². The van der Waals surface area contributed by atoms with Crippen LogP contribution >= 0.6 is 0 Å². The molecule has 0 amide bonds. The molecule has 1 N–H and O–H groups in total. The van der Waals surface area contributed by atoms with Gasteiger partial charge >= 0.3 is 0 Å². The van der Waals surface area contributed by atoms with Crippen molar-refractivity contribution in [2.45, 2.75) is 58.2 Å². The van der Waals surface area contributed by atoms with Gasteiger partial charge in [0.2, 0.25) is 0 Å². The molecule has 2 unspecified atom stereocenters. The molecule has 2 atom stereocenters. The molecular weight excluding hydrogens is 176 g/mol. The molecule has 2 aliphatic rings. The lowest BCUT2D eigenvalue weighted by atomic mass is 9.66. The summed E-state index contributed by atoms with van der Waals surface area (Å²) in [4.78, 5) is 0. The molecule has 2 heteroatoms. The second kappa shape index (κ2) is 3.82. The molecule has 0 heterocycles. The minimum absolute atomic E-state index is 0.0153. The van der Waals surface area contributed by atoms with Crippen LogP contribution in [0.5, 0.6) is 0 Å². The number of hydrogen-bond acceptors (Lipinski definition) is 2. The van der Waals surface area contributed by atoms with Crippen LogP contribution in [0, 0.1) is 11.3 Å². The lowest BCUT2D eigenvalue weighted by Gasteiger charge is -2.48. The van der Waals surface area contributed by atoms with Gasteiger partial charge in [-0.1, -0.05) is 26.7 Å². The lowest BCUT2D eigenvalue weighted by Crippen LogP contribution is -2.54. The second-order valence-electron chi connectivity index (χ2n) is 5.55. The maximum Gasteiger partial charge on any atom is 0.0675 e. The third kappa shape index (κ3) is 1.82. The molecule has 0 aromatic carbocycles. The summed E-state index contributed by atoms with van der Waals surface area (Å²) in [5.74, 6) is 0.795. The first-order valence-corrected chi connectivity index (χ1v) is 5.90. The standard InChI is InChI=1S/C12H22O2/c1-12(2)10(13)7-11(12)14-8-9-5-3-4-6-9/h9-11,13H,3-8H2,1-2H3. The molecule has 82 valence electrons. The summed E-state index contributed by atoms with van der Waals surface area (Å²) in [7, 11) is 0. The van der Waals surface area contributed by atoms with Gasteiger partial charge < -0.3 is 9.84 Å². The van der Waals surface area contributed by atoms with Crippen molar-refractivity contribution in [1.29, 1.82) is 0 Å². The van der Waals surface area contributed by atoms with Gasteiger partial charge in [-0.25, -0.2) is 0 Å². The second-order valence-corrected chi connectivity index (χ2v) is 5.55. The van der Waals surface area contributed by atoms with E-state index in [2.05, 4.69) is 13.8 Å². The first-order valence-electron chi connectivity index (χ1n) is 5.90. The largest absolute Gasteiger partial charge is 0.392 e. The van der Waals surface area contributed by atoms with Gasteiger partial charge in [-0.3, -0.25) is 0 Å². The van der Waals surface area contributed by atoms with Crippen molar-refractivity contribution < 1.29 is 9.84 Å². The summed E-state index contributed by atoms with van der Waals surface area (Å²) in [6, 6.07) is 0. The molecule has 0 aliphatic heterocycles. The van der Waals surface area contributed by atoms with Crippen LogP contribution in [0.3, 0.4) is 0 Å². The van der Waals surface area contributed by atoms with Gasteiger partial charge in [0, 0.05) is 18.4 Å². The van der Waals surface area contributed by atoms with Crippen LogP contribution in [0.2, 0.25) is 0 Å². The predicted molar refractivity (Wildman–Crippen MR) is 56.1 cm³/mol. The molecule has 2 rings (SSSR count). The number of aliphatic hydroxyl groups is 1. The average Bonchev–Trinajstić information content (AvgIpc) is 2.64. The minimum atomic E-state index is -0.156. The van der Waals surface area contributed by atoms with Crippen LogP contribution in [0.1, 0.15) is 46.0 Å². The summed E-state index contributed by atoms with van der Waals surface area (Å²) < 4.78 is 5.89. The molecule has 0 spiro atoms. The zero-order valence-electron chi connectivity index (χ0n) is 9.33. The minimum Gasteiger partial charge on any atom is -0.392 e. The van der Waals surface area contributed by atoms with Crippen molar-refractivity contribution in [3.05, 3.63) is 0 Å². The van der Waals surface area contributed by atoms with Crippen molar-refractivity contribution in [3.8, 4) is 0 Å². The fourth-order valence-electron chi connectivity index (χ4n) is 2.58. The van der Waals surface area contributed by atoms with Crippen LogP contribution in [-0.4, -0.2) is 23.9 Å². The molecule has 2 aliphatic carbocycles. The van der Waals surface area contributed by atoms with Gasteiger partial charge in [0.1, 0.15) is 0 Å². The van der Waals surface area contributed by atoms with E-state index in [1.165, 1.54) is 25.7 Å². The van der Waals surface area contributed by atoms with E-state index in [1.807, 2.05) is 0 Å². The van der Waals surface area contributed by atoms with E-state index in [4.69, 9.17) is 4.74 Å². The number of ether oxygens (including phenoxy) is 1. The number of rotatable bonds is 3. The Bertz CT molecular complexity index is 194. The Hall–Kier alpha value is -0.0800. The lowest BCUT2D eigenvalue weighted by molar-refractivity contribution is -0.179. The highest BCUT2D eigenvalue weighted by Gasteiger charge is 2.48. The third-order valence-electron chi connectivity index (χ3n) is 4.13. The summed E-state index contributed by atoms with van der Waals surface area (Å²) in [5, 5.41) is 9.56. The van der Waals surface area contributed by atoms with Crippen LogP contribution in [-0.2, 0) is 4.74 Å². The van der Waals surface area contributed by atoms with Gasteiger partial charge in [-0.05, 0) is 18.8 Å². The van der Waals surface area contributed by atoms with E-state index in [9.17, 15) is 5.11 Å². The van der Waals surface area contributed by atoms with Gasteiger partial charge in [0.25, 0.3) is 0 Å². The maximum atomic E-state index is 9.56. The van der Waals surface area contributed by atoms with Gasteiger partial charge in [-0.2, -0.15) is 0 Å². The maximum absolute atomic E-state index is 9.56. The first-order chi connectivity index (χ1) is 6.60. The van der Waals surface area contributed by atoms with Crippen LogP contribution in [0.4, 0.5) is 0 Å². The Morgan fingerprint density at radius 2 is 1.93 bits per heavy atom. The molecule has 2 fully saturated rings. The zero-order chi connectivity index (χ0) is 10.2. The van der Waals surface area contributed by atoms with E-state index in [0.717, 1.165) is 18.9 Å². The van der Waals surface area contributed by atoms with E-state index >= 15 is 0 Å². The van der Waals surface area contributed by atoms with Crippen LogP contribution in [0.25, 0.3) is 0 Å². The topological polar surface area (TPSA) is 29.5 Å². The van der Waals surface area contributed by atoms with Crippen LogP contribution < -0.4 is 0 Å². The Labute approximate surface area is 86.6 Å². The Balaban J connectivity index is 1.71. The molecule has 0 saturated heterocycles. The SMILES string of the molecule is CC1(C)C(O)CC1OCC1CCCC1. The summed E-state index contributed by atoms with van der Waals surface area (Å²) in [5.41, 5.74) is -0.0153. The Morgan fingerprint density at radius 3 is 2.43 bits per heavy atom. The molecule has 0 radical (unpaired) electrons. The fraction of sp³-hybridized carbons (Fsp3) is 1.00. The smallest absolute Gasteiger partial charge is 0.0675 e. The van der Waals surface area contributed by atoms with E-state index < -0.39 is 0 Å². The summed E-state index contributed by atoms with van der Waals surface area (Å²) in [6.07, 6.45) is 6.41. The third-order valence-corrected chi connectivity index (χ3v) is 4.13. The monoisotopic (exact) mass is 198 g/mol. The molecule has 2 saturated carbocycles. The molecule has 2 nitrogen and oxygen atoms in total. The van der Waals surface area contributed by atoms with E-state index in [1.54, 1.807) is 0 Å². The summed E-state index contributed by atoms with van der Waals surface area (Å²) >= 11 is 0. The van der Waals surface area contributed by atoms with Gasteiger partial charge in [0.05, 0.1) is 12.2 Å². The zero-order valence-corrected chi connectivity index (χ0v) is 9.33. The Kier molecular flexibility index (Phi) is 2.85. The quantitative estimate of drug-likeness (QED) is 0.754. The number of aliphatic hydroxyl groups excluding tert-OH is 1. The highest BCUT2D eigenvalue weighted by molar-refractivity contribution is 4.98. The predicted octanol–water partition coefficient (Wildman–Crippen LogP) is 2.35. The molecule has 0 aromatic heterocycles. The molecule has 14 heavy (non-hydrogen) atoms. The van der Waals surface area contributed by atoms with Crippen molar-refractivity contribution >= 4 is 0 Å². The molecular formula is C12H22O2. The van der Waals surface area contributed by atoms with Crippen molar-refractivity contribution in [2.24, 2.45) is 11.3 Å². The fourth-order valence-corrected chi connectivity index (χ4v) is 2.58. The average molecular weight is 198 g/mol. The first kappa shape index (κ1) is 10.4. The van der Waals surface area contributed by atoms with Gasteiger partial charge in [-0.15, -0.1) is 0 Å². The van der Waals surface area contributed by atoms with Gasteiger partial charge in [0.15, 0.2) is 0 Å². The summed E-state index contributed by atoms with van der Waals surface area (Å²) in [6.45, 7) is 5.11. The highest BCUT2D eigenvalue weighted by Crippen LogP contribution is 2.43. The van der Waals surface area contributed by atoms with E-state index in [0.29, 0.717) is 0 Å². The Morgan fingerprint density at radius 1 is 1.29 bits per heavy atom. The number of hydrogen-bond donors (Lipinski definition) is 1. The molecule has 0 bridgehead atoms. The van der Waals surface area contributed by atoms with E-state index in [-0.39, 0.29) is 17.6 Å². The normalized spacial score (nSPS) is 37.1. The van der Waals surface area contributed by atoms with Crippen molar-refractivity contribution in [2.75, 3.05) is 6.61 Å². The van der Waals surface area contributed by atoms with Crippen molar-refractivity contribution in [3.63, 3.8) is 0 Å².